The van der Waals surface area contributed by atoms with Gasteiger partial charge in [-0.25, -0.2) is 0 Å². The molecule has 2 fully saturated rings. The molecule has 3 heteroatoms. The molecule has 1 aliphatic heterocycles. The molecular weight excluding hydrogens is 260 g/mol. The fraction of sp³-hybridized carbons (Fsp3) is 0.944. The summed E-state index contributed by atoms with van der Waals surface area (Å²) in [4.78, 5) is 17.3. The standard InChI is InChI=1S/C18H34N2O/c1-5-15(4)20-10-8-19(9-11-20)13-17-12-16(14(2)3)6-7-18(17)21/h14-17H,5-13H2,1-4H3. The summed E-state index contributed by atoms with van der Waals surface area (Å²) in [5, 5.41) is 0. The number of rotatable bonds is 5. The highest BCUT2D eigenvalue weighted by atomic mass is 16.1. The largest absolute Gasteiger partial charge is 0.300 e. The normalized spacial score (nSPS) is 30.8. The smallest absolute Gasteiger partial charge is 0.137 e. The van der Waals surface area contributed by atoms with Crippen LogP contribution in [0, 0.1) is 17.8 Å². The first kappa shape index (κ1) is 17.0. The molecule has 1 saturated carbocycles. The molecule has 2 aliphatic rings. The van der Waals surface area contributed by atoms with Gasteiger partial charge in [-0.2, -0.15) is 0 Å². The maximum Gasteiger partial charge on any atom is 0.137 e. The van der Waals surface area contributed by atoms with Crippen LogP contribution < -0.4 is 0 Å². The molecular formula is C18H34N2O. The lowest BCUT2D eigenvalue weighted by molar-refractivity contribution is -0.127. The summed E-state index contributed by atoms with van der Waals surface area (Å²) in [5.74, 6) is 2.31. The van der Waals surface area contributed by atoms with E-state index >= 15 is 0 Å². The second kappa shape index (κ2) is 7.73. The summed E-state index contributed by atoms with van der Waals surface area (Å²) >= 11 is 0. The molecule has 1 aliphatic carbocycles. The van der Waals surface area contributed by atoms with Gasteiger partial charge in [-0.15, -0.1) is 0 Å². The third-order valence-corrected chi connectivity index (χ3v) is 5.85. The fourth-order valence-corrected chi connectivity index (χ4v) is 3.88. The molecule has 0 radical (unpaired) electrons. The molecule has 0 aromatic heterocycles. The Morgan fingerprint density at radius 1 is 1.14 bits per heavy atom. The number of carbonyl (C=O) groups excluding carboxylic acids is 1. The van der Waals surface area contributed by atoms with Crippen molar-refractivity contribution >= 4 is 5.78 Å². The Kier molecular flexibility index (Phi) is 6.24. The molecule has 2 rings (SSSR count). The number of nitrogens with zero attached hydrogens (tertiary/aromatic N) is 2. The van der Waals surface area contributed by atoms with Crippen molar-refractivity contribution in [1.82, 2.24) is 9.80 Å². The van der Waals surface area contributed by atoms with Gasteiger partial charge < -0.3 is 4.90 Å². The molecule has 1 heterocycles. The molecule has 0 aromatic carbocycles. The van der Waals surface area contributed by atoms with Crippen LogP contribution in [0.25, 0.3) is 0 Å². The van der Waals surface area contributed by atoms with Crippen LogP contribution in [0.2, 0.25) is 0 Å². The Morgan fingerprint density at radius 3 is 2.38 bits per heavy atom. The highest BCUT2D eigenvalue weighted by Crippen LogP contribution is 2.32. The van der Waals surface area contributed by atoms with Gasteiger partial charge in [0.15, 0.2) is 0 Å². The van der Waals surface area contributed by atoms with Crippen LogP contribution in [0.1, 0.15) is 53.4 Å². The number of Topliss-reactive ketones (excluding diaryl/α,β-unsaturated/α-hetero) is 1. The van der Waals surface area contributed by atoms with E-state index < -0.39 is 0 Å². The molecule has 0 N–H and O–H groups in total. The quantitative estimate of drug-likeness (QED) is 0.778. The van der Waals surface area contributed by atoms with Crippen LogP contribution in [0.15, 0.2) is 0 Å². The monoisotopic (exact) mass is 294 g/mol. The minimum Gasteiger partial charge on any atom is -0.300 e. The van der Waals surface area contributed by atoms with E-state index in [4.69, 9.17) is 0 Å². The van der Waals surface area contributed by atoms with Crippen LogP contribution in [-0.2, 0) is 4.79 Å². The van der Waals surface area contributed by atoms with E-state index in [9.17, 15) is 4.79 Å². The average molecular weight is 294 g/mol. The van der Waals surface area contributed by atoms with Gasteiger partial charge in [0.05, 0.1) is 0 Å². The summed E-state index contributed by atoms with van der Waals surface area (Å²) < 4.78 is 0. The van der Waals surface area contributed by atoms with Crippen molar-refractivity contribution in [2.45, 2.75) is 59.4 Å². The average Bonchev–Trinajstić information content (AvgIpc) is 2.49. The Balaban J connectivity index is 1.80. The predicted octanol–water partition coefficient (Wildman–Crippen LogP) is 3.04. The van der Waals surface area contributed by atoms with E-state index in [0.29, 0.717) is 17.7 Å². The molecule has 21 heavy (non-hydrogen) atoms. The molecule has 0 bridgehead atoms. The SMILES string of the molecule is CCC(C)N1CCN(CC2CC(C(C)C)CCC2=O)CC1. The van der Waals surface area contributed by atoms with E-state index in [-0.39, 0.29) is 0 Å². The first-order valence-electron chi connectivity index (χ1n) is 9.00. The third kappa shape index (κ3) is 4.53. The van der Waals surface area contributed by atoms with Crippen LogP contribution in [0.3, 0.4) is 0 Å². The first-order valence-corrected chi connectivity index (χ1v) is 9.00. The molecule has 0 aromatic rings. The van der Waals surface area contributed by atoms with Crippen molar-refractivity contribution in [2.24, 2.45) is 17.8 Å². The maximum atomic E-state index is 12.2. The third-order valence-electron chi connectivity index (χ3n) is 5.85. The van der Waals surface area contributed by atoms with Crippen LogP contribution in [0.4, 0.5) is 0 Å². The molecule has 3 atom stereocenters. The highest BCUT2D eigenvalue weighted by Gasteiger charge is 2.32. The minimum absolute atomic E-state index is 0.307. The van der Waals surface area contributed by atoms with Crippen molar-refractivity contribution in [1.29, 1.82) is 0 Å². The zero-order valence-electron chi connectivity index (χ0n) is 14.5. The Morgan fingerprint density at radius 2 is 1.81 bits per heavy atom. The molecule has 3 nitrogen and oxygen atoms in total. The molecule has 0 amide bonds. The number of hydrogen-bond donors (Lipinski definition) is 0. The summed E-state index contributed by atoms with van der Waals surface area (Å²) in [7, 11) is 0. The zero-order chi connectivity index (χ0) is 15.4. The van der Waals surface area contributed by atoms with Gasteiger partial charge in [-0.3, -0.25) is 9.69 Å². The second-order valence-corrected chi connectivity index (χ2v) is 7.54. The Labute approximate surface area is 131 Å². The van der Waals surface area contributed by atoms with Crippen LogP contribution in [0.5, 0.6) is 0 Å². The van der Waals surface area contributed by atoms with Crippen molar-refractivity contribution in [3.8, 4) is 0 Å². The van der Waals surface area contributed by atoms with Crippen molar-refractivity contribution < 1.29 is 4.79 Å². The highest BCUT2D eigenvalue weighted by molar-refractivity contribution is 5.82. The van der Waals surface area contributed by atoms with Gasteiger partial charge in [0.2, 0.25) is 0 Å². The minimum atomic E-state index is 0.307. The number of hydrogen-bond acceptors (Lipinski definition) is 3. The van der Waals surface area contributed by atoms with E-state index in [1.807, 2.05) is 0 Å². The van der Waals surface area contributed by atoms with Gasteiger partial charge >= 0.3 is 0 Å². The lowest BCUT2D eigenvalue weighted by atomic mass is 9.75. The van der Waals surface area contributed by atoms with Gasteiger partial charge in [0.1, 0.15) is 5.78 Å². The van der Waals surface area contributed by atoms with Crippen molar-refractivity contribution in [3.05, 3.63) is 0 Å². The fourth-order valence-electron chi connectivity index (χ4n) is 3.88. The number of carbonyl (C=O) groups is 1. The van der Waals surface area contributed by atoms with Crippen LogP contribution >= 0.6 is 0 Å². The second-order valence-electron chi connectivity index (χ2n) is 7.54. The van der Waals surface area contributed by atoms with E-state index in [1.165, 1.54) is 19.5 Å². The molecule has 1 saturated heterocycles. The predicted molar refractivity (Wildman–Crippen MR) is 88.4 cm³/mol. The molecule has 3 unspecified atom stereocenters. The summed E-state index contributed by atoms with van der Waals surface area (Å²) in [6.45, 7) is 14.8. The van der Waals surface area contributed by atoms with E-state index in [0.717, 1.165) is 50.7 Å². The summed E-state index contributed by atoms with van der Waals surface area (Å²) in [5.41, 5.74) is 0. The van der Waals surface area contributed by atoms with Crippen LogP contribution in [-0.4, -0.2) is 54.3 Å². The van der Waals surface area contributed by atoms with Crippen molar-refractivity contribution in [2.75, 3.05) is 32.7 Å². The van der Waals surface area contributed by atoms with Gasteiger partial charge in [-0.1, -0.05) is 20.8 Å². The van der Waals surface area contributed by atoms with Gasteiger partial charge in [-0.05, 0) is 38.0 Å². The van der Waals surface area contributed by atoms with Gasteiger partial charge in [0.25, 0.3) is 0 Å². The molecule has 0 spiro atoms. The summed E-state index contributed by atoms with van der Waals surface area (Å²) in [6, 6.07) is 0.703. The lowest BCUT2D eigenvalue weighted by Crippen LogP contribution is -2.51. The summed E-state index contributed by atoms with van der Waals surface area (Å²) in [6.07, 6.45) is 4.30. The Hall–Kier alpha value is -0.410. The topological polar surface area (TPSA) is 23.6 Å². The zero-order valence-corrected chi connectivity index (χ0v) is 14.5. The molecule has 122 valence electrons. The number of ketones is 1. The number of piperazine rings is 1. The maximum absolute atomic E-state index is 12.2. The van der Waals surface area contributed by atoms with Gasteiger partial charge in [0, 0.05) is 51.1 Å². The van der Waals surface area contributed by atoms with Crippen molar-refractivity contribution in [3.63, 3.8) is 0 Å². The van der Waals surface area contributed by atoms with E-state index in [2.05, 4.69) is 37.5 Å². The Bertz CT molecular complexity index is 334. The lowest BCUT2D eigenvalue weighted by Gasteiger charge is -2.40. The van der Waals surface area contributed by atoms with E-state index in [1.54, 1.807) is 0 Å². The first-order chi connectivity index (χ1) is 10.0.